The van der Waals surface area contributed by atoms with Crippen molar-refractivity contribution < 1.29 is 4.74 Å². The Balaban J connectivity index is 1.50. The molecule has 2 aromatic carbocycles. The summed E-state index contributed by atoms with van der Waals surface area (Å²) in [6.45, 7) is 0.852. The number of hydrogen-bond donors (Lipinski definition) is 1. The largest absolute Gasteiger partial charge is 0.437 e. The zero-order valence-electron chi connectivity index (χ0n) is 15.0. The Morgan fingerprint density at radius 2 is 1.89 bits per heavy atom. The third kappa shape index (κ3) is 3.56. The zero-order chi connectivity index (χ0) is 18.9. The van der Waals surface area contributed by atoms with Crippen molar-refractivity contribution in [3.63, 3.8) is 0 Å². The number of ether oxygens (including phenoxy) is 1. The number of hydrogen-bond acceptors (Lipinski definition) is 5. The first kappa shape index (κ1) is 17.2. The molecule has 6 nitrogen and oxygen atoms in total. The van der Waals surface area contributed by atoms with Gasteiger partial charge in [-0.3, -0.25) is 0 Å². The summed E-state index contributed by atoms with van der Waals surface area (Å²) in [4.78, 5) is 0. The first-order valence-corrected chi connectivity index (χ1v) is 9.61. The number of rotatable bonds is 6. The van der Waals surface area contributed by atoms with Crippen LogP contribution in [0.4, 0.5) is 0 Å². The van der Waals surface area contributed by atoms with Crippen molar-refractivity contribution in [1.29, 1.82) is 0 Å². The fourth-order valence-corrected chi connectivity index (χ4v) is 3.24. The second-order valence-electron chi connectivity index (χ2n) is 6.86. The fraction of sp³-hybridized carbons (Fsp3) is 0.190. The van der Waals surface area contributed by atoms with Crippen molar-refractivity contribution >= 4 is 17.2 Å². The van der Waals surface area contributed by atoms with Crippen molar-refractivity contribution in [2.75, 3.05) is 0 Å². The summed E-state index contributed by atoms with van der Waals surface area (Å²) in [5, 5.41) is 15.9. The van der Waals surface area contributed by atoms with Crippen LogP contribution in [0.5, 0.6) is 11.6 Å². The molecule has 2 aromatic heterocycles. The summed E-state index contributed by atoms with van der Waals surface area (Å²) in [5.41, 5.74) is 3.91. The summed E-state index contributed by atoms with van der Waals surface area (Å²) in [6.07, 6.45) is 2.54. The third-order valence-corrected chi connectivity index (χ3v) is 4.95. The van der Waals surface area contributed by atoms with Crippen LogP contribution in [0.15, 0.2) is 60.7 Å². The lowest BCUT2D eigenvalue weighted by Gasteiger charge is -2.13. The van der Waals surface area contributed by atoms with Gasteiger partial charge in [-0.15, -0.1) is 15.3 Å². The second-order valence-corrected chi connectivity index (χ2v) is 7.20. The first-order chi connectivity index (χ1) is 13.8. The van der Waals surface area contributed by atoms with Gasteiger partial charge in [0.1, 0.15) is 5.75 Å². The first-order valence-electron chi connectivity index (χ1n) is 9.24. The molecule has 28 heavy (non-hydrogen) atoms. The zero-order valence-corrected chi connectivity index (χ0v) is 15.8. The van der Waals surface area contributed by atoms with Crippen LogP contribution < -0.4 is 10.1 Å². The molecule has 1 aliphatic rings. The van der Waals surface area contributed by atoms with Gasteiger partial charge in [-0.1, -0.05) is 36.4 Å². The number of halogens is 1. The van der Waals surface area contributed by atoms with Crippen LogP contribution in [-0.4, -0.2) is 25.9 Å². The Morgan fingerprint density at radius 3 is 2.71 bits per heavy atom. The van der Waals surface area contributed by atoms with Gasteiger partial charge in [0, 0.05) is 24.2 Å². The van der Waals surface area contributed by atoms with Gasteiger partial charge in [0.15, 0.2) is 5.65 Å². The molecule has 0 bridgehead atoms. The molecule has 0 spiro atoms. The molecule has 5 rings (SSSR count). The lowest BCUT2D eigenvalue weighted by molar-refractivity contribution is 0.454. The predicted octanol–water partition coefficient (Wildman–Crippen LogP) is 4.49. The molecule has 4 aromatic rings. The Morgan fingerprint density at radius 1 is 1.04 bits per heavy atom. The van der Waals surface area contributed by atoms with E-state index in [9.17, 15) is 0 Å². The SMILES string of the molecule is Clc1nnc2ccc(Oc3ccc(CNC4CC4)cc3-c3ccccc3)nn12. The average molecular weight is 392 g/mol. The number of nitrogens with one attached hydrogen (secondary N) is 1. The quantitative estimate of drug-likeness (QED) is 0.524. The number of benzene rings is 2. The smallest absolute Gasteiger partial charge is 0.246 e. The molecule has 2 heterocycles. The molecule has 140 valence electrons. The van der Waals surface area contributed by atoms with E-state index in [1.807, 2.05) is 24.3 Å². The molecule has 1 saturated carbocycles. The van der Waals surface area contributed by atoms with E-state index in [1.54, 1.807) is 12.1 Å². The summed E-state index contributed by atoms with van der Waals surface area (Å²) >= 11 is 6.03. The predicted molar refractivity (Wildman–Crippen MR) is 108 cm³/mol. The molecular formula is C21H18ClN5O. The summed E-state index contributed by atoms with van der Waals surface area (Å²) in [7, 11) is 0. The molecule has 0 aliphatic heterocycles. The van der Waals surface area contributed by atoms with Crippen molar-refractivity contribution in [3.8, 4) is 22.8 Å². The number of aromatic nitrogens is 4. The maximum absolute atomic E-state index is 6.12. The highest BCUT2D eigenvalue weighted by molar-refractivity contribution is 6.28. The topological polar surface area (TPSA) is 64.3 Å². The molecule has 0 unspecified atom stereocenters. The molecule has 0 amide bonds. The van der Waals surface area contributed by atoms with Crippen LogP contribution >= 0.6 is 11.6 Å². The highest BCUT2D eigenvalue weighted by Crippen LogP contribution is 2.34. The molecule has 7 heteroatoms. The standard InChI is InChI=1S/C21H18ClN5O/c22-21-25-24-19-10-11-20(26-27(19)21)28-18-9-6-14(13-23-16-7-8-16)12-17(18)15-4-2-1-3-5-15/h1-6,9-12,16,23H,7-8,13H2. The summed E-state index contributed by atoms with van der Waals surface area (Å²) < 4.78 is 7.57. The Hall–Kier alpha value is -2.96. The molecule has 1 fully saturated rings. The van der Waals surface area contributed by atoms with E-state index in [2.05, 4.69) is 44.9 Å². The van der Waals surface area contributed by atoms with Gasteiger partial charge in [-0.2, -0.15) is 4.52 Å². The molecular weight excluding hydrogens is 374 g/mol. The van der Waals surface area contributed by atoms with Crippen LogP contribution in [0, 0.1) is 0 Å². The van der Waals surface area contributed by atoms with Crippen LogP contribution in [-0.2, 0) is 6.54 Å². The van der Waals surface area contributed by atoms with Gasteiger partial charge < -0.3 is 10.1 Å². The van der Waals surface area contributed by atoms with E-state index in [0.29, 0.717) is 17.6 Å². The molecule has 0 atom stereocenters. The Kier molecular flexibility index (Phi) is 4.43. The van der Waals surface area contributed by atoms with Gasteiger partial charge in [0.25, 0.3) is 0 Å². The third-order valence-electron chi connectivity index (χ3n) is 4.72. The van der Waals surface area contributed by atoms with Crippen molar-refractivity contribution in [1.82, 2.24) is 25.1 Å². The van der Waals surface area contributed by atoms with Gasteiger partial charge in [-0.05, 0) is 53.8 Å². The van der Waals surface area contributed by atoms with Gasteiger partial charge in [-0.25, -0.2) is 0 Å². The monoisotopic (exact) mass is 391 g/mol. The Labute approximate surface area is 167 Å². The van der Waals surface area contributed by atoms with Crippen molar-refractivity contribution in [3.05, 3.63) is 71.5 Å². The van der Waals surface area contributed by atoms with Crippen LogP contribution in [0.25, 0.3) is 16.8 Å². The molecule has 1 N–H and O–H groups in total. The van der Waals surface area contributed by atoms with Crippen molar-refractivity contribution in [2.45, 2.75) is 25.4 Å². The average Bonchev–Trinajstić information content (AvgIpc) is 3.50. The maximum Gasteiger partial charge on any atom is 0.246 e. The highest BCUT2D eigenvalue weighted by atomic mass is 35.5. The van der Waals surface area contributed by atoms with E-state index in [0.717, 1.165) is 23.4 Å². The van der Waals surface area contributed by atoms with Crippen LogP contribution in [0.3, 0.4) is 0 Å². The highest BCUT2D eigenvalue weighted by Gasteiger charge is 2.20. The lowest BCUT2D eigenvalue weighted by atomic mass is 10.0. The van der Waals surface area contributed by atoms with E-state index in [4.69, 9.17) is 16.3 Å². The molecule has 0 saturated heterocycles. The van der Waals surface area contributed by atoms with E-state index >= 15 is 0 Å². The van der Waals surface area contributed by atoms with Crippen molar-refractivity contribution in [2.24, 2.45) is 0 Å². The second kappa shape index (κ2) is 7.22. The Bertz CT molecular complexity index is 1120. The van der Waals surface area contributed by atoms with Gasteiger partial charge in [0.2, 0.25) is 11.2 Å². The maximum atomic E-state index is 6.12. The van der Waals surface area contributed by atoms with Crippen LogP contribution in [0.1, 0.15) is 18.4 Å². The minimum Gasteiger partial charge on any atom is -0.437 e. The number of nitrogens with zero attached hydrogens (tertiary/aromatic N) is 4. The summed E-state index contributed by atoms with van der Waals surface area (Å²) in [5.74, 6) is 1.16. The minimum absolute atomic E-state index is 0.199. The van der Waals surface area contributed by atoms with Gasteiger partial charge in [0.05, 0.1) is 0 Å². The van der Waals surface area contributed by atoms with Gasteiger partial charge >= 0.3 is 0 Å². The molecule has 1 aliphatic carbocycles. The van der Waals surface area contributed by atoms with E-state index in [1.165, 1.54) is 22.9 Å². The summed E-state index contributed by atoms with van der Waals surface area (Å²) in [6, 6.07) is 20.7. The number of fused-ring (bicyclic) bond motifs is 1. The fourth-order valence-electron chi connectivity index (χ4n) is 3.08. The minimum atomic E-state index is 0.199. The normalized spacial score (nSPS) is 13.8. The van der Waals surface area contributed by atoms with Crippen LogP contribution in [0.2, 0.25) is 5.28 Å². The van der Waals surface area contributed by atoms with E-state index < -0.39 is 0 Å². The lowest BCUT2D eigenvalue weighted by Crippen LogP contribution is -2.15. The van der Waals surface area contributed by atoms with E-state index in [-0.39, 0.29) is 5.28 Å². The molecule has 0 radical (unpaired) electrons.